The quantitative estimate of drug-likeness (QED) is 0.501. The van der Waals surface area contributed by atoms with Crippen LogP contribution in [0.2, 0.25) is 0 Å². The third-order valence-electron chi connectivity index (χ3n) is 5.22. The van der Waals surface area contributed by atoms with E-state index in [1.165, 1.54) is 16.8 Å². The summed E-state index contributed by atoms with van der Waals surface area (Å²) in [7, 11) is 0. The molecule has 1 aromatic heterocycles. The van der Waals surface area contributed by atoms with E-state index in [1.807, 2.05) is 13.8 Å². The first kappa shape index (κ1) is 23.8. The second-order valence-electron chi connectivity index (χ2n) is 7.92. The van der Waals surface area contributed by atoms with Gasteiger partial charge in [-0.3, -0.25) is 9.59 Å². The number of halogens is 3. The predicted molar refractivity (Wildman–Crippen MR) is 119 cm³/mol. The normalized spacial score (nSPS) is 12.6. The summed E-state index contributed by atoms with van der Waals surface area (Å²) in [6.07, 6.45) is -4.50. The van der Waals surface area contributed by atoms with E-state index in [2.05, 4.69) is 10.4 Å². The number of benzene rings is 2. The summed E-state index contributed by atoms with van der Waals surface area (Å²) >= 11 is 0. The van der Waals surface area contributed by atoms with E-state index in [9.17, 15) is 22.8 Å². The zero-order valence-electron chi connectivity index (χ0n) is 18.3. The summed E-state index contributed by atoms with van der Waals surface area (Å²) in [5.74, 6) is -1.64. The molecule has 3 aromatic rings. The fourth-order valence-electron chi connectivity index (χ4n) is 3.39. The average Bonchev–Trinajstić information content (AvgIpc) is 3.10. The molecule has 10 heteroatoms. The topological polar surface area (TPSA) is 116 Å². The molecule has 2 aromatic carbocycles. The molecule has 0 saturated heterocycles. The van der Waals surface area contributed by atoms with Crippen molar-refractivity contribution in [2.75, 3.05) is 11.1 Å². The van der Waals surface area contributed by atoms with E-state index in [0.717, 1.165) is 12.1 Å². The maximum absolute atomic E-state index is 12.9. The average molecular weight is 459 g/mol. The summed E-state index contributed by atoms with van der Waals surface area (Å²) < 4.78 is 40.2. The van der Waals surface area contributed by atoms with Crippen LogP contribution >= 0.6 is 0 Å². The number of carbonyl (C=O) groups is 2. The highest BCUT2D eigenvalue weighted by atomic mass is 19.4. The molecule has 1 unspecified atom stereocenters. The molecule has 2 amide bonds. The minimum atomic E-state index is -4.50. The number of anilines is 2. The molecule has 3 rings (SSSR count). The van der Waals surface area contributed by atoms with Crippen LogP contribution in [0.1, 0.15) is 54.2 Å². The first-order chi connectivity index (χ1) is 15.4. The molecular weight excluding hydrogens is 435 g/mol. The van der Waals surface area contributed by atoms with Gasteiger partial charge in [-0.15, -0.1) is 0 Å². The van der Waals surface area contributed by atoms with E-state index in [0.29, 0.717) is 16.8 Å². The van der Waals surface area contributed by atoms with E-state index in [4.69, 9.17) is 11.5 Å². The molecule has 0 bridgehead atoms. The van der Waals surface area contributed by atoms with Gasteiger partial charge in [0.2, 0.25) is 5.91 Å². The summed E-state index contributed by atoms with van der Waals surface area (Å²) in [6.45, 7) is 5.37. The summed E-state index contributed by atoms with van der Waals surface area (Å²) in [4.78, 5) is 24.6. The number of aromatic nitrogens is 2. The standard InChI is InChI=1S/C23H24F3N5O2/c1-12(2)31-20(27)18(21(28)32)19(30-31)15-9-7-14(8-10-15)13(3)22(33)29-17-6-4-5-16(11-17)23(24,25)26/h4-13H,27H2,1-3H3,(H2,28,32)(H,29,33). The van der Waals surface area contributed by atoms with Crippen LogP contribution in [-0.2, 0) is 11.0 Å². The summed E-state index contributed by atoms with van der Waals surface area (Å²) in [5.41, 5.74) is 12.4. The van der Waals surface area contributed by atoms with Crippen molar-refractivity contribution in [3.8, 4) is 11.3 Å². The lowest BCUT2D eigenvalue weighted by atomic mass is 9.97. The van der Waals surface area contributed by atoms with E-state index < -0.39 is 29.5 Å². The van der Waals surface area contributed by atoms with E-state index >= 15 is 0 Å². The Kier molecular flexibility index (Phi) is 6.48. The van der Waals surface area contributed by atoms with Gasteiger partial charge in [-0.25, -0.2) is 4.68 Å². The minimum absolute atomic E-state index is 0.0547. The lowest BCUT2D eigenvalue weighted by molar-refractivity contribution is -0.137. The number of primary amides is 1. The molecule has 0 spiro atoms. The SMILES string of the molecule is CC(C(=O)Nc1cccc(C(F)(F)F)c1)c1ccc(-c2nn(C(C)C)c(N)c2C(N)=O)cc1. The minimum Gasteiger partial charge on any atom is -0.383 e. The van der Waals surface area contributed by atoms with Crippen LogP contribution in [0.3, 0.4) is 0 Å². The van der Waals surface area contributed by atoms with Crippen molar-refractivity contribution in [3.05, 3.63) is 65.2 Å². The van der Waals surface area contributed by atoms with Gasteiger partial charge < -0.3 is 16.8 Å². The summed E-state index contributed by atoms with van der Waals surface area (Å²) in [5, 5.41) is 6.93. The lowest BCUT2D eigenvalue weighted by Gasteiger charge is -2.14. The number of rotatable bonds is 6. The molecule has 0 aliphatic carbocycles. The Balaban J connectivity index is 1.83. The monoisotopic (exact) mass is 459 g/mol. The molecule has 0 fully saturated rings. The number of nitrogens with two attached hydrogens (primary N) is 2. The van der Waals surface area contributed by atoms with Crippen molar-refractivity contribution in [2.24, 2.45) is 5.73 Å². The molecule has 1 atom stereocenters. The number of amides is 2. The van der Waals surface area contributed by atoms with Gasteiger partial charge in [0.1, 0.15) is 17.1 Å². The Morgan fingerprint density at radius 1 is 1.06 bits per heavy atom. The zero-order valence-corrected chi connectivity index (χ0v) is 18.3. The molecule has 1 heterocycles. The van der Waals surface area contributed by atoms with Crippen molar-refractivity contribution in [1.29, 1.82) is 0 Å². The first-order valence-corrected chi connectivity index (χ1v) is 10.2. The van der Waals surface area contributed by atoms with Crippen LogP contribution in [0.15, 0.2) is 48.5 Å². The molecule has 33 heavy (non-hydrogen) atoms. The van der Waals surface area contributed by atoms with Crippen molar-refractivity contribution >= 4 is 23.3 Å². The molecule has 0 aliphatic heterocycles. The van der Waals surface area contributed by atoms with Crippen molar-refractivity contribution in [2.45, 2.75) is 38.9 Å². The Morgan fingerprint density at radius 3 is 2.24 bits per heavy atom. The van der Waals surface area contributed by atoms with Gasteiger partial charge in [0.05, 0.1) is 11.5 Å². The number of carbonyl (C=O) groups excluding carboxylic acids is 2. The largest absolute Gasteiger partial charge is 0.416 e. The highest BCUT2D eigenvalue weighted by molar-refractivity contribution is 6.03. The van der Waals surface area contributed by atoms with Crippen LogP contribution in [0.5, 0.6) is 0 Å². The number of nitrogens with zero attached hydrogens (tertiary/aromatic N) is 2. The second kappa shape index (κ2) is 8.97. The third kappa shape index (κ3) is 5.00. The molecule has 5 N–H and O–H groups in total. The van der Waals surface area contributed by atoms with E-state index in [-0.39, 0.29) is 23.1 Å². The van der Waals surface area contributed by atoms with Crippen LogP contribution in [0.4, 0.5) is 24.7 Å². The van der Waals surface area contributed by atoms with Gasteiger partial charge in [-0.05, 0) is 44.5 Å². The first-order valence-electron chi connectivity index (χ1n) is 10.2. The van der Waals surface area contributed by atoms with Gasteiger partial charge >= 0.3 is 6.18 Å². The van der Waals surface area contributed by atoms with Gasteiger partial charge in [0.25, 0.3) is 5.91 Å². The van der Waals surface area contributed by atoms with Crippen LogP contribution in [0, 0.1) is 0 Å². The maximum Gasteiger partial charge on any atom is 0.416 e. The smallest absolute Gasteiger partial charge is 0.383 e. The number of nitrogen functional groups attached to an aromatic ring is 1. The number of hydrogen-bond donors (Lipinski definition) is 3. The number of alkyl halides is 3. The van der Waals surface area contributed by atoms with Crippen molar-refractivity contribution < 1.29 is 22.8 Å². The molecule has 0 saturated carbocycles. The Morgan fingerprint density at radius 2 is 1.70 bits per heavy atom. The molecule has 0 radical (unpaired) electrons. The van der Waals surface area contributed by atoms with Gasteiger partial charge in [-0.2, -0.15) is 18.3 Å². The van der Waals surface area contributed by atoms with E-state index in [1.54, 1.807) is 31.2 Å². The van der Waals surface area contributed by atoms with Crippen molar-refractivity contribution in [1.82, 2.24) is 9.78 Å². The van der Waals surface area contributed by atoms with Crippen LogP contribution < -0.4 is 16.8 Å². The predicted octanol–water partition coefficient (Wildman–Crippen LogP) is 4.57. The summed E-state index contributed by atoms with van der Waals surface area (Å²) in [6, 6.07) is 11.1. The molecule has 0 aliphatic rings. The number of hydrogen-bond acceptors (Lipinski definition) is 4. The lowest BCUT2D eigenvalue weighted by Crippen LogP contribution is -2.19. The Hall–Kier alpha value is -3.82. The fourth-order valence-corrected chi connectivity index (χ4v) is 3.39. The van der Waals surface area contributed by atoms with Crippen LogP contribution in [0.25, 0.3) is 11.3 Å². The maximum atomic E-state index is 12.9. The van der Waals surface area contributed by atoms with Gasteiger partial charge in [0.15, 0.2) is 0 Å². The highest BCUT2D eigenvalue weighted by Crippen LogP contribution is 2.32. The highest BCUT2D eigenvalue weighted by Gasteiger charge is 2.30. The molecule has 174 valence electrons. The zero-order chi connectivity index (χ0) is 24.5. The van der Waals surface area contributed by atoms with Gasteiger partial charge in [0, 0.05) is 17.3 Å². The molecule has 7 nitrogen and oxygen atoms in total. The Labute approximate surface area is 188 Å². The fraction of sp³-hybridized carbons (Fsp3) is 0.261. The van der Waals surface area contributed by atoms with Crippen LogP contribution in [-0.4, -0.2) is 21.6 Å². The van der Waals surface area contributed by atoms with Gasteiger partial charge in [-0.1, -0.05) is 30.3 Å². The third-order valence-corrected chi connectivity index (χ3v) is 5.22. The second-order valence-corrected chi connectivity index (χ2v) is 7.92. The van der Waals surface area contributed by atoms with Crippen molar-refractivity contribution in [3.63, 3.8) is 0 Å². The molecular formula is C23H24F3N5O2. The number of nitrogens with one attached hydrogen (secondary N) is 1. The Bertz CT molecular complexity index is 1180.